The SMILES string of the molecule is Cn1c(N2CCO[C@@H](c3ccc(C(=O)N4CCCCC4)cc3)C2)nc(-c2ccncc2F)cc1=O. The molecule has 5 rings (SSSR count). The number of rotatable bonds is 4. The Morgan fingerprint density at radius 1 is 1.09 bits per heavy atom. The second-order valence-electron chi connectivity index (χ2n) is 8.97. The molecule has 1 amide bonds. The molecule has 2 aliphatic heterocycles. The van der Waals surface area contributed by atoms with Gasteiger partial charge >= 0.3 is 0 Å². The molecule has 3 aromatic rings. The number of amides is 1. The largest absolute Gasteiger partial charge is 0.370 e. The van der Waals surface area contributed by atoms with E-state index in [-0.39, 0.29) is 28.8 Å². The zero-order valence-electron chi connectivity index (χ0n) is 19.7. The predicted octanol–water partition coefficient (Wildman–Crippen LogP) is 3.19. The van der Waals surface area contributed by atoms with E-state index in [1.54, 1.807) is 7.05 Å². The summed E-state index contributed by atoms with van der Waals surface area (Å²) < 4.78 is 21.8. The number of pyridine rings is 1. The second kappa shape index (κ2) is 9.95. The third kappa shape index (κ3) is 4.81. The molecule has 0 N–H and O–H groups in total. The smallest absolute Gasteiger partial charge is 0.255 e. The Kier molecular flexibility index (Phi) is 6.59. The highest BCUT2D eigenvalue weighted by Crippen LogP contribution is 2.27. The van der Waals surface area contributed by atoms with Crippen molar-refractivity contribution in [1.29, 1.82) is 0 Å². The van der Waals surface area contributed by atoms with Gasteiger partial charge in [0.1, 0.15) is 6.10 Å². The van der Waals surface area contributed by atoms with Crippen molar-refractivity contribution in [3.8, 4) is 11.3 Å². The van der Waals surface area contributed by atoms with Crippen molar-refractivity contribution >= 4 is 11.9 Å². The molecule has 0 radical (unpaired) electrons. The minimum atomic E-state index is -0.529. The highest BCUT2D eigenvalue weighted by atomic mass is 19.1. The number of likely N-dealkylation sites (tertiary alicyclic amines) is 1. The lowest BCUT2D eigenvalue weighted by molar-refractivity contribution is 0.0389. The van der Waals surface area contributed by atoms with Gasteiger partial charge in [0.15, 0.2) is 5.82 Å². The maximum Gasteiger partial charge on any atom is 0.255 e. The van der Waals surface area contributed by atoms with Crippen molar-refractivity contribution in [3.63, 3.8) is 0 Å². The van der Waals surface area contributed by atoms with Crippen LogP contribution in [0.4, 0.5) is 10.3 Å². The van der Waals surface area contributed by atoms with Crippen LogP contribution >= 0.6 is 0 Å². The maximum absolute atomic E-state index is 14.3. The Balaban J connectivity index is 1.36. The van der Waals surface area contributed by atoms with Crippen molar-refractivity contribution in [2.24, 2.45) is 7.05 Å². The van der Waals surface area contributed by atoms with Gasteiger partial charge in [0.25, 0.3) is 11.5 Å². The number of benzene rings is 1. The highest BCUT2D eigenvalue weighted by molar-refractivity contribution is 5.94. The van der Waals surface area contributed by atoms with Gasteiger partial charge in [-0.1, -0.05) is 12.1 Å². The quantitative estimate of drug-likeness (QED) is 0.574. The topological polar surface area (TPSA) is 80.6 Å². The van der Waals surface area contributed by atoms with Crippen molar-refractivity contribution in [2.75, 3.05) is 37.7 Å². The molecule has 0 spiro atoms. The van der Waals surface area contributed by atoms with E-state index in [9.17, 15) is 14.0 Å². The third-order valence-electron chi connectivity index (χ3n) is 6.68. The molecule has 9 heteroatoms. The van der Waals surface area contributed by atoms with Crippen LogP contribution in [0.15, 0.2) is 53.6 Å². The summed E-state index contributed by atoms with van der Waals surface area (Å²) in [6.45, 7) is 3.10. The van der Waals surface area contributed by atoms with Crippen LogP contribution in [0.2, 0.25) is 0 Å². The number of hydrogen-bond acceptors (Lipinski definition) is 6. The van der Waals surface area contributed by atoms with Gasteiger partial charge in [-0.3, -0.25) is 19.1 Å². The summed E-state index contributed by atoms with van der Waals surface area (Å²) in [7, 11) is 1.66. The van der Waals surface area contributed by atoms with Gasteiger partial charge in [0.05, 0.1) is 25.0 Å². The average Bonchev–Trinajstić information content (AvgIpc) is 2.91. The molecule has 4 heterocycles. The maximum atomic E-state index is 14.3. The number of anilines is 1. The van der Waals surface area contributed by atoms with Crippen molar-refractivity contribution in [3.05, 3.63) is 76.1 Å². The number of carbonyl (C=O) groups excluding carboxylic acids is 1. The molecule has 8 nitrogen and oxygen atoms in total. The van der Waals surface area contributed by atoms with Gasteiger partial charge in [0, 0.05) is 50.1 Å². The fourth-order valence-corrected chi connectivity index (χ4v) is 4.68. The number of aromatic nitrogens is 3. The first-order valence-electron chi connectivity index (χ1n) is 11.9. The molecular formula is C26H28FN5O3. The summed E-state index contributed by atoms with van der Waals surface area (Å²) in [5, 5.41) is 0. The Bertz CT molecular complexity index is 1270. The average molecular weight is 478 g/mol. The van der Waals surface area contributed by atoms with Crippen LogP contribution in [0.1, 0.15) is 41.3 Å². The first-order chi connectivity index (χ1) is 17.0. The molecule has 2 saturated heterocycles. The van der Waals surface area contributed by atoms with Crippen LogP contribution < -0.4 is 10.5 Å². The summed E-state index contributed by atoms with van der Waals surface area (Å²) in [5.74, 6) is -0.00560. The lowest BCUT2D eigenvalue weighted by atomic mass is 10.0. The van der Waals surface area contributed by atoms with E-state index in [1.165, 1.54) is 29.3 Å². The van der Waals surface area contributed by atoms with E-state index in [1.807, 2.05) is 34.1 Å². The van der Waals surface area contributed by atoms with Crippen LogP contribution in [-0.4, -0.2) is 58.1 Å². The molecule has 0 unspecified atom stereocenters. The monoisotopic (exact) mass is 477 g/mol. The van der Waals surface area contributed by atoms with Gasteiger partial charge in [-0.2, -0.15) is 0 Å². The normalized spacial score (nSPS) is 18.5. The minimum absolute atomic E-state index is 0.0711. The first-order valence-corrected chi connectivity index (χ1v) is 11.9. The van der Waals surface area contributed by atoms with Crippen LogP contribution in [0.3, 0.4) is 0 Å². The number of piperidine rings is 1. The van der Waals surface area contributed by atoms with E-state index >= 15 is 0 Å². The van der Waals surface area contributed by atoms with E-state index in [2.05, 4.69) is 9.97 Å². The summed E-state index contributed by atoms with van der Waals surface area (Å²) in [6.07, 6.45) is 5.63. The third-order valence-corrected chi connectivity index (χ3v) is 6.68. The van der Waals surface area contributed by atoms with Gasteiger partial charge in [-0.05, 0) is 43.0 Å². The summed E-state index contributed by atoms with van der Waals surface area (Å²) >= 11 is 0. The fourth-order valence-electron chi connectivity index (χ4n) is 4.68. The molecule has 2 fully saturated rings. The number of carbonyl (C=O) groups is 1. The molecule has 35 heavy (non-hydrogen) atoms. The molecule has 182 valence electrons. The molecule has 2 aromatic heterocycles. The van der Waals surface area contributed by atoms with E-state index in [0.29, 0.717) is 31.2 Å². The van der Waals surface area contributed by atoms with Crippen molar-refractivity contribution in [1.82, 2.24) is 19.4 Å². The summed E-state index contributed by atoms with van der Waals surface area (Å²) in [5.41, 5.74) is 1.86. The number of morpholine rings is 1. The number of hydrogen-bond donors (Lipinski definition) is 0. The Morgan fingerprint density at radius 3 is 2.60 bits per heavy atom. The van der Waals surface area contributed by atoms with Crippen molar-refractivity contribution in [2.45, 2.75) is 25.4 Å². The van der Waals surface area contributed by atoms with Crippen LogP contribution in [0.5, 0.6) is 0 Å². The molecule has 0 aliphatic carbocycles. The number of ether oxygens (including phenoxy) is 1. The van der Waals surface area contributed by atoms with Gasteiger partial charge < -0.3 is 14.5 Å². The number of halogens is 1. The predicted molar refractivity (Wildman–Crippen MR) is 130 cm³/mol. The van der Waals surface area contributed by atoms with Gasteiger partial charge in [0.2, 0.25) is 5.95 Å². The molecule has 1 aromatic carbocycles. The molecule has 2 aliphatic rings. The highest BCUT2D eigenvalue weighted by Gasteiger charge is 2.26. The second-order valence-corrected chi connectivity index (χ2v) is 8.97. The Labute approximate surface area is 203 Å². The van der Waals surface area contributed by atoms with Crippen LogP contribution in [0, 0.1) is 5.82 Å². The van der Waals surface area contributed by atoms with E-state index in [0.717, 1.165) is 37.7 Å². The Hall–Kier alpha value is -3.59. The summed E-state index contributed by atoms with van der Waals surface area (Å²) in [4.78, 5) is 37.7. The Morgan fingerprint density at radius 2 is 1.86 bits per heavy atom. The van der Waals surface area contributed by atoms with Crippen molar-refractivity contribution < 1.29 is 13.9 Å². The summed E-state index contributed by atoms with van der Waals surface area (Å²) in [6, 6.07) is 10.4. The van der Waals surface area contributed by atoms with Gasteiger partial charge in [-0.15, -0.1) is 0 Å². The fraction of sp³-hybridized carbons (Fsp3) is 0.385. The van der Waals surface area contributed by atoms with Crippen LogP contribution in [0.25, 0.3) is 11.3 Å². The van der Waals surface area contributed by atoms with Crippen LogP contribution in [-0.2, 0) is 11.8 Å². The standard InChI is InChI=1S/C26H28FN5O3/c1-30-24(33)15-22(20-9-10-28-16-21(20)27)29-26(30)32-13-14-35-23(17-32)18-5-7-19(8-6-18)25(34)31-11-3-2-4-12-31/h5-10,15-16,23H,2-4,11-14,17H2,1H3/t23-/m1/s1. The molecular weight excluding hydrogens is 449 g/mol. The molecule has 1 atom stereocenters. The lowest BCUT2D eigenvalue weighted by Gasteiger charge is -2.34. The molecule has 0 bridgehead atoms. The van der Waals surface area contributed by atoms with Gasteiger partial charge in [-0.25, -0.2) is 9.37 Å². The minimum Gasteiger partial charge on any atom is -0.370 e. The van der Waals surface area contributed by atoms with E-state index < -0.39 is 5.82 Å². The number of nitrogens with zero attached hydrogens (tertiary/aromatic N) is 5. The zero-order valence-corrected chi connectivity index (χ0v) is 19.7. The first kappa shape index (κ1) is 23.2. The molecule has 0 saturated carbocycles. The lowest BCUT2D eigenvalue weighted by Crippen LogP contribution is -2.41. The zero-order chi connectivity index (χ0) is 24.4. The van der Waals surface area contributed by atoms with E-state index in [4.69, 9.17) is 4.74 Å².